The van der Waals surface area contributed by atoms with Crippen molar-refractivity contribution in [2.75, 3.05) is 18.1 Å². The van der Waals surface area contributed by atoms with E-state index in [2.05, 4.69) is 16.6 Å². The Balaban J connectivity index is 1.81. The van der Waals surface area contributed by atoms with Crippen molar-refractivity contribution in [3.63, 3.8) is 0 Å². The quantitative estimate of drug-likeness (QED) is 0.921. The molecule has 0 bridgehead atoms. The molecule has 1 aliphatic carbocycles. The number of aromatic nitrogens is 2. The lowest BCUT2D eigenvalue weighted by molar-refractivity contribution is 0.638. The van der Waals surface area contributed by atoms with Gasteiger partial charge < -0.3 is 5.32 Å². The molecule has 0 saturated heterocycles. The fourth-order valence-electron chi connectivity index (χ4n) is 2.97. The maximum Gasteiger partial charge on any atom is 0.148 e. The average Bonchev–Trinajstić information content (AvgIpc) is 2.94. The zero-order chi connectivity index (χ0) is 14.0. The van der Waals surface area contributed by atoms with Crippen LogP contribution in [0.5, 0.6) is 0 Å². The lowest BCUT2D eigenvalue weighted by Crippen LogP contribution is -2.30. The number of aryl methyl sites for hydroxylation is 1. The van der Waals surface area contributed by atoms with Crippen LogP contribution in [0.1, 0.15) is 31.4 Å². The van der Waals surface area contributed by atoms with Gasteiger partial charge in [0.25, 0.3) is 0 Å². The molecular weight excluding hydrogens is 266 g/mol. The maximum absolute atomic E-state index is 4.72. The Morgan fingerprint density at radius 2 is 1.80 bits per heavy atom. The van der Waals surface area contributed by atoms with Crippen molar-refractivity contribution in [2.24, 2.45) is 0 Å². The molecule has 0 aliphatic heterocycles. The summed E-state index contributed by atoms with van der Waals surface area (Å²) in [6.07, 6.45) is 7.55. The summed E-state index contributed by atoms with van der Waals surface area (Å²) in [5.74, 6) is 0.934. The summed E-state index contributed by atoms with van der Waals surface area (Å²) >= 11 is 2.00. The highest BCUT2D eigenvalue weighted by molar-refractivity contribution is 8.00. The number of fused-ring (bicyclic) bond motifs is 1. The van der Waals surface area contributed by atoms with E-state index in [1.54, 1.807) is 0 Å². The Kier molecular flexibility index (Phi) is 3.83. The third kappa shape index (κ3) is 2.62. The second-order valence-electron chi connectivity index (χ2n) is 5.59. The van der Waals surface area contributed by atoms with Crippen molar-refractivity contribution in [2.45, 2.75) is 37.4 Å². The third-order valence-electron chi connectivity index (χ3n) is 4.27. The first-order chi connectivity index (χ1) is 9.72. The van der Waals surface area contributed by atoms with E-state index in [4.69, 9.17) is 4.98 Å². The first kappa shape index (κ1) is 13.7. The highest BCUT2D eigenvalue weighted by atomic mass is 32.2. The predicted molar refractivity (Wildman–Crippen MR) is 87.5 cm³/mol. The first-order valence-electron chi connectivity index (χ1n) is 7.25. The minimum Gasteiger partial charge on any atom is -0.367 e. The molecule has 0 amide bonds. The summed E-state index contributed by atoms with van der Waals surface area (Å²) in [4.78, 5) is 9.36. The summed E-state index contributed by atoms with van der Waals surface area (Å²) in [7, 11) is 0. The van der Waals surface area contributed by atoms with E-state index < -0.39 is 0 Å². The number of thioether (sulfide) groups is 1. The number of hydrogen-bond donors (Lipinski definition) is 1. The minimum atomic E-state index is 0.389. The highest BCUT2D eigenvalue weighted by Crippen LogP contribution is 2.40. The van der Waals surface area contributed by atoms with E-state index in [0.717, 1.165) is 29.1 Å². The first-order valence-corrected chi connectivity index (χ1v) is 8.47. The van der Waals surface area contributed by atoms with Crippen molar-refractivity contribution in [1.82, 2.24) is 9.97 Å². The van der Waals surface area contributed by atoms with Crippen LogP contribution in [0.4, 0.5) is 5.82 Å². The molecule has 106 valence electrons. The van der Waals surface area contributed by atoms with Gasteiger partial charge in [0.1, 0.15) is 5.82 Å². The Bertz CT molecular complexity index is 606. The Labute approximate surface area is 124 Å². The standard InChI is InChI=1S/C16H21N3S/c1-12-15(17-11-16(20-2)9-5-6-10-16)19-14-8-4-3-7-13(14)18-12/h3-4,7-8H,5-6,9-11H2,1-2H3,(H,17,19). The molecule has 1 fully saturated rings. The fraction of sp³-hybridized carbons (Fsp3) is 0.500. The van der Waals surface area contributed by atoms with Gasteiger partial charge in [-0.1, -0.05) is 25.0 Å². The van der Waals surface area contributed by atoms with E-state index in [0.29, 0.717) is 4.75 Å². The van der Waals surface area contributed by atoms with Crippen molar-refractivity contribution < 1.29 is 0 Å². The van der Waals surface area contributed by atoms with Gasteiger partial charge in [-0.3, -0.25) is 0 Å². The topological polar surface area (TPSA) is 37.8 Å². The lowest BCUT2D eigenvalue weighted by atomic mass is 10.1. The second-order valence-corrected chi connectivity index (χ2v) is 6.87. The molecule has 0 unspecified atom stereocenters. The van der Waals surface area contributed by atoms with Crippen LogP contribution in [0.3, 0.4) is 0 Å². The van der Waals surface area contributed by atoms with Crippen LogP contribution in [-0.2, 0) is 0 Å². The molecule has 1 heterocycles. The smallest absolute Gasteiger partial charge is 0.148 e. The molecule has 3 rings (SSSR count). The molecule has 1 aliphatic rings. The van der Waals surface area contributed by atoms with Gasteiger partial charge in [0.15, 0.2) is 0 Å². The number of nitrogens with zero attached hydrogens (tertiary/aromatic N) is 2. The van der Waals surface area contributed by atoms with E-state index >= 15 is 0 Å². The van der Waals surface area contributed by atoms with Gasteiger partial charge in [-0.15, -0.1) is 0 Å². The normalized spacial score (nSPS) is 17.5. The molecule has 0 atom stereocenters. The van der Waals surface area contributed by atoms with Crippen LogP contribution >= 0.6 is 11.8 Å². The summed E-state index contributed by atoms with van der Waals surface area (Å²) in [5, 5.41) is 3.54. The third-order valence-corrected chi connectivity index (χ3v) is 5.69. The minimum absolute atomic E-state index is 0.389. The molecular formula is C16H21N3S. The monoisotopic (exact) mass is 287 g/mol. The van der Waals surface area contributed by atoms with Crippen LogP contribution in [0.25, 0.3) is 11.0 Å². The van der Waals surface area contributed by atoms with Gasteiger partial charge in [0.05, 0.1) is 16.7 Å². The highest BCUT2D eigenvalue weighted by Gasteiger charge is 2.32. The van der Waals surface area contributed by atoms with Crippen LogP contribution < -0.4 is 5.32 Å². The molecule has 0 radical (unpaired) electrons. The summed E-state index contributed by atoms with van der Waals surface area (Å²) in [5.41, 5.74) is 2.92. The van der Waals surface area contributed by atoms with Crippen LogP contribution in [-0.4, -0.2) is 27.5 Å². The molecule has 1 N–H and O–H groups in total. The van der Waals surface area contributed by atoms with Crippen molar-refractivity contribution in [3.8, 4) is 0 Å². The number of nitrogens with one attached hydrogen (secondary N) is 1. The van der Waals surface area contributed by atoms with Gasteiger partial charge in [-0.05, 0) is 38.2 Å². The van der Waals surface area contributed by atoms with Crippen LogP contribution in [0.15, 0.2) is 24.3 Å². The zero-order valence-corrected chi connectivity index (χ0v) is 13.0. The number of anilines is 1. The maximum atomic E-state index is 4.72. The SMILES string of the molecule is CSC1(CNc2nc3ccccc3nc2C)CCCC1. The molecule has 2 aromatic rings. The molecule has 1 saturated carbocycles. The summed E-state index contributed by atoms with van der Waals surface area (Å²) in [6.45, 7) is 3.02. The number of rotatable bonds is 4. The van der Waals surface area contributed by atoms with Crippen LogP contribution in [0.2, 0.25) is 0 Å². The number of para-hydroxylation sites is 2. The lowest BCUT2D eigenvalue weighted by Gasteiger charge is -2.27. The fourth-order valence-corrected chi connectivity index (χ4v) is 3.89. The Hall–Kier alpha value is -1.29. The average molecular weight is 287 g/mol. The Morgan fingerprint density at radius 3 is 2.45 bits per heavy atom. The summed E-state index contributed by atoms with van der Waals surface area (Å²) in [6, 6.07) is 8.05. The zero-order valence-electron chi connectivity index (χ0n) is 12.1. The van der Waals surface area contributed by atoms with Gasteiger partial charge in [-0.2, -0.15) is 11.8 Å². The van der Waals surface area contributed by atoms with Crippen LogP contribution in [0, 0.1) is 6.92 Å². The van der Waals surface area contributed by atoms with Gasteiger partial charge in [0, 0.05) is 11.3 Å². The van der Waals surface area contributed by atoms with Crippen molar-refractivity contribution in [1.29, 1.82) is 0 Å². The van der Waals surface area contributed by atoms with Crippen molar-refractivity contribution in [3.05, 3.63) is 30.0 Å². The Morgan fingerprint density at radius 1 is 1.15 bits per heavy atom. The summed E-state index contributed by atoms with van der Waals surface area (Å²) < 4.78 is 0.389. The largest absolute Gasteiger partial charge is 0.367 e. The molecule has 1 aromatic heterocycles. The number of benzene rings is 1. The molecule has 3 nitrogen and oxygen atoms in total. The number of hydrogen-bond acceptors (Lipinski definition) is 4. The van der Waals surface area contributed by atoms with E-state index in [1.807, 2.05) is 43.0 Å². The van der Waals surface area contributed by atoms with Crippen molar-refractivity contribution >= 4 is 28.6 Å². The van der Waals surface area contributed by atoms with E-state index in [-0.39, 0.29) is 0 Å². The van der Waals surface area contributed by atoms with E-state index in [1.165, 1.54) is 25.7 Å². The van der Waals surface area contributed by atoms with E-state index in [9.17, 15) is 0 Å². The molecule has 1 aromatic carbocycles. The van der Waals surface area contributed by atoms with Gasteiger partial charge in [0.2, 0.25) is 0 Å². The molecule has 0 spiro atoms. The van der Waals surface area contributed by atoms with Gasteiger partial charge in [-0.25, -0.2) is 9.97 Å². The van der Waals surface area contributed by atoms with Gasteiger partial charge >= 0.3 is 0 Å². The second kappa shape index (κ2) is 5.60. The molecule has 20 heavy (non-hydrogen) atoms. The molecule has 4 heteroatoms. The predicted octanol–water partition coefficient (Wildman–Crippen LogP) is 4.03.